The van der Waals surface area contributed by atoms with Gasteiger partial charge in [-0.2, -0.15) is 0 Å². The first kappa shape index (κ1) is 20.2. The molecule has 3 N–H and O–H groups in total. The van der Waals surface area contributed by atoms with E-state index in [4.69, 9.17) is 10.7 Å². The van der Waals surface area contributed by atoms with E-state index >= 15 is 0 Å². The van der Waals surface area contributed by atoms with Crippen LogP contribution in [0.5, 0.6) is 0 Å². The monoisotopic (exact) mass is 449 g/mol. The molecule has 0 atom stereocenters. The van der Waals surface area contributed by atoms with Crippen LogP contribution < -0.4 is 11.1 Å². The summed E-state index contributed by atoms with van der Waals surface area (Å²) in [6.07, 6.45) is 11.7. The molecule has 1 saturated carbocycles. The summed E-state index contributed by atoms with van der Waals surface area (Å²) in [5.74, 6) is 0.673. The molecular formula is C18H36IN5. The molecule has 0 aromatic carbocycles. The Morgan fingerprint density at radius 2 is 1.67 bits per heavy atom. The van der Waals surface area contributed by atoms with Crippen molar-refractivity contribution >= 4 is 29.9 Å². The average Bonchev–Trinajstić information content (AvgIpc) is 3.08. The van der Waals surface area contributed by atoms with Crippen LogP contribution in [0.1, 0.15) is 57.8 Å². The Kier molecular flexibility index (Phi) is 8.07. The molecule has 3 aliphatic rings. The second kappa shape index (κ2) is 9.57. The van der Waals surface area contributed by atoms with Gasteiger partial charge in [0.1, 0.15) is 0 Å². The van der Waals surface area contributed by atoms with Crippen molar-refractivity contribution in [1.29, 1.82) is 0 Å². The number of aliphatic imine (C=N–C) groups is 1. The smallest absolute Gasteiger partial charge is 0.188 e. The Morgan fingerprint density at radius 3 is 2.29 bits per heavy atom. The predicted molar refractivity (Wildman–Crippen MR) is 112 cm³/mol. The molecule has 0 amide bonds. The van der Waals surface area contributed by atoms with Gasteiger partial charge in [0, 0.05) is 11.6 Å². The van der Waals surface area contributed by atoms with E-state index in [1.54, 1.807) is 0 Å². The Balaban J connectivity index is 0.00000208. The van der Waals surface area contributed by atoms with E-state index in [1.165, 1.54) is 84.0 Å². The summed E-state index contributed by atoms with van der Waals surface area (Å²) in [6.45, 7) is 5.72. The number of hydrogen-bond acceptors (Lipinski definition) is 3. The molecule has 140 valence electrons. The number of guanidine groups is 1. The molecule has 3 rings (SSSR count). The number of nitrogens with one attached hydrogen (secondary N) is 1. The van der Waals surface area contributed by atoms with E-state index in [1.807, 2.05) is 0 Å². The van der Waals surface area contributed by atoms with Crippen LogP contribution in [0.4, 0.5) is 0 Å². The molecule has 24 heavy (non-hydrogen) atoms. The second-order valence-electron chi connectivity index (χ2n) is 7.90. The zero-order chi connectivity index (χ0) is 16.1. The fourth-order valence-corrected chi connectivity index (χ4v) is 4.53. The molecule has 5 nitrogen and oxygen atoms in total. The summed E-state index contributed by atoms with van der Waals surface area (Å²) in [5.41, 5.74) is 6.44. The Hall–Kier alpha value is -0.0800. The number of halogens is 1. The van der Waals surface area contributed by atoms with Gasteiger partial charge < -0.3 is 16.0 Å². The normalized spacial score (nSPS) is 27.0. The van der Waals surface area contributed by atoms with Crippen LogP contribution in [0.25, 0.3) is 0 Å². The van der Waals surface area contributed by atoms with E-state index in [-0.39, 0.29) is 29.5 Å². The highest BCUT2D eigenvalue weighted by Crippen LogP contribution is 2.31. The lowest BCUT2D eigenvalue weighted by molar-refractivity contribution is 0.0208. The third-order valence-corrected chi connectivity index (χ3v) is 6.20. The molecular weight excluding hydrogens is 413 g/mol. The topological polar surface area (TPSA) is 56.9 Å². The van der Waals surface area contributed by atoms with Gasteiger partial charge in [0.25, 0.3) is 0 Å². The maximum absolute atomic E-state index is 6.20. The average molecular weight is 449 g/mol. The van der Waals surface area contributed by atoms with E-state index < -0.39 is 0 Å². The largest absolute Gasteiger partial charge is 0.370 e. The molecule has 3 fully saturated rings. The lowest BCUT2D eigenvalue weighted by Crippen LogP contribution is -2.58. The van der Waals surface area contributed by atoms with Crippen LogP contribution in [0.2, 0.25) is 0 Å². The van der Waals surface area contributed by atoms with E-state index in [9.17, 15) is 0 Å². The van der Waals surface area contributed by atoms with Gasteiger partial charge in [0.15, 0.2) is 5.96 Å². The molecule has 2 saturated heterocycles. The molecule has 1 aliphatic carbocycles. The van der Waals surface area contributed by atoms with Crippen molar-refractivity contribution in [2.24, 2.45) is 10.7 Å². The van der Waals surface area contributed by atoms with Gasteiger partial charge in [-0.3, -0.25) is 9.89 Å². The lowest BCUT2D eigenvalue weighted by atomic mass is 9.84. The summed E-state index contributed by atoms with van der Waals surface area (Å²) in [6, 6.07) is 0.558. The van der Waals surface area contributed by atoms with Crippen LogP contribution in [0, 0.1) is 0 Å². The molecule has 0 bridgehead atoms. The first-order chi connectivity index (χ1) is 11.2. The fourth-order valence-electron chi connectivity index (χ4n) is 4.53. The van der Waals surface area contributed by atoms with Gasteiger partial charge >= 0.3 is 0 Å². The number of rotatable bonds is 4. The Labute approximate surface area is 164 Å². The van der Waals surface area contributed by atoms with Gasteiger partial charge in [-0.05, 0) is 71.8 Å². The van der Waals surface area contributed by atoms with E-state index in [0.717, 1.165) is 6.54 Å². The molecule has 2 aliphatic heterocycles. The Bertz CT molecular complexity index is 394. The van der Waals surface area contributed by atoms with Gasteiger partial charge in [-0.15, -0.1) is 24.0 Å². The number of nitrogens with two attached hydrogens (primary N) is 1. The van der Waals surface area contributed by atoms with E-state index in [0.29, 0.717) is 12.0 Å². The molecule has 0 aromatic rings. The van der Waals surface area contributed by atoms with Crippen LogP contribution >= 0.6 is 24.0 Å². The molecule has 2 heterocycles. The van der Waals surface area contributed by atoms with Crippen molar-refractivity contribution in [3.8, 4) is 0 Å². The van der Waals surface area contributed by atoms with Gasteiger partial charge in [0.05, 0.1) is 6.54 Å². The summed E-state index contributed by atoms with van der Waals surface area (Å²) in [5, 5.41) is 3.45. The predicted octanol–water partition coefficient (Wildman–Crippen LogP) is 2.40. The van der Waals surface area contributed by atoms with Crippen LogP contribution in [-0.4, -0.2) is 67.1 Å². The summed E-state index contributed by atoms with van der Waals surface area (Å²) in [7, 11) is 2.24. The first-order valence-electron chi connectivity index (χ1n) is 9.68. The lowest BCUT2D eigenvalue weighted by Gasteiger charge is -2.49. The highest BCUT2D eigenvalue weighted by molar-refractivity contribution is 14.0. The highest BCUT2D eigenvalue weighted by atomic mass is 127. The maximum Gasteiger partial charge on any atom is 0.188 e. The van der Waals surface area contributed by atoms with Gasteiger partial charge in [-0.1, -0.05) is 19.3 Å². The summed E-state index contributed by atoms with van der Waals surface area (Å²) < 4.78 is 0. The minimum atomic E-state index is 0. The zero-order valence-electron chi connectivity index (χ0n) is 15.3. The minimum absolute atomic E-state index is 0. The second-order valence-corrected chi connectivity index (χ2v) is 7.90. The summed E-state index contributed by atoms with van der Waals surface area (Å²) >= 11 is 0. The van der Waals surface area contributed by atoms with Gasteiger partial charge in [-0.25, -0.2) is 0 Å². The highest BCUT2D eigenvalue weighted by Gasteiger charge is 2.39. The molecule has 0 unspecified atom stereocenters. The number of hydrogen-bond donors (Lipinski definition) is 2. The van der Waals surface area contributed by atoms with Gasteiger partial charge in [0.2, 0.25) is 0 Å². The molecule has 6 heteroatoms. The van der Waals surface area contributed by atoms with Crippen molar-refractivity contribution in [1.82, 2.24) is 15.1 Å². The standard InChI is InChI=1S/C18H35N5.HI/c1-22-13-9-18(10-14-22,23-11-5-2-6-12-23)15-20-17(19)21-16-7-3-4-8-16;/h16H,2-15H2,1H3,(H3,19,20,21);1H. The fraction of sp³-hybridized carbons (Fsp3) is 0.944. The quantitative estimate of drug-likeness (QED) is 0.393. The Morgan fingerprint density at radius 1 is 1.04 bits per heavy atom. The third-order valence-electron chi connectivity index (χ3n) is 6.20. The maximum atomic E-state index is 6.20. The SMILES string of the molecule is CN1CCC(CN=C(N)NC2CCCC2)(N2CCCCC2)CC1.I. The number of piperidine rings is 2. The van der Waals surface area contributed by atoms with Crippen molar-refractivity contribution < 1.29 is 0 Å². The zero-order valence-corrected chi connectivity index (χ0v) is 17.6. The minimum Gasteiger partial charge on any atom is -0.370 e. The van der Waals surface area contributed by atoms with Crippen LogP contribution in [0.15, 0.2) is 4.99 Å². The van der Waals surface area contributed by atoms with Crippen molar-refractivity contribution in [3.05, 3.63) is 0 Å². The van der Waals surface area contributed by atoms with E-state index in [2.05, 4.69) is 22.2 Å². The molecule has 0 radical (unpaired) electrons. The van der Waals surface area contributed by atoms with Crippen molar-refractivity contribution in [3.63, 3.8) is 0 Å². The number of likely N-dealkylation sites (tertiary alicyclic amines) is 2. The molecule has 0 aromatic heterocycles. The van der Waals surface area contributed by atoms with Crippen molar-refractivity contribution in [2.75, 3.05) is 39.8 Å². The summed E-state index contributed by atoms with van der Waals surface area (Å²) in [4.78, 5) is 9.99. The van der Waals surface area contributed by atoms with Crippen molar-refractivity contribution in [2.45, 2.75) is 69.4 Å². The van der Waals surface area contributed by atoms with Crippen LogP contribution in [-0.2, 0) is 0 Å². The third kappa shape index (κ3) is 5.21. The van der Waals surface area contributed by atoms with Crippen LogP contribution in [0.3, 0.4) is 0 Å². The number of nitrogens with zero attached hydrogens (tertiary/aromatic N) is 3. The molecule has 0 spiro atoms. The first-order valence-corrected chi connectivity index (χ1v) is 9.68.